The zero-order valence-corrected chi connectivity index (χ0v) is 16.7. The Bertz CT molecular complexity index is 1120. The van der Waals surface area contributed by atoms with E-state index in [-0.39, 0.29) is 26.4 Å². The number of nitro benzene ring substituents is 2. The number of amides is 1. The minimum absolute atomic E-state index is 0.0608. The maximum Gasteiger partial charge on any atom is 0.300 e. The van der Waals surface area contributed by atoms with Crippen LogP contribution in [0.5, 0.6) is 11.5 Å². The number of benzene rings is 2. The molecule has 154 valence electrons. The Morgan fingerprint density at radius 3 is 2.57 bits per heavy atom. The third-order valence-electron chi connectivity index (χ3n) is 3.92. The van der Waals surface area contributed by atoms with Crippen LogP contribution in [0.15, 0.2) is 41.3 Å². The highest BCUT2D eigenvalue weighted by atomic mass is 32.2. The van der Waals surface area contributed by atoms with Gasteiger partial charge in [-0.1, -0.05) is 17.8 Å². The third-order valence-corrected chi connectivity index (χ3v) is 5.22. The molecule has 0 unspecified atom stereocenters. The van der Waals surface area contributed by atoms with E-state index < -0.39 is 27.1 Å². The van der Waals surface area contributed by atoms with E-state index in [0.717, 1.165) is 35.0 Å². The predicted molar refractivity (Wildman–Crippen MR) is 113 cm³/mol. The zero-order valence-electron chi connectivity index (χ0n) is 15.1. The summed E-state index contributed by atoms with van der Waals surface area (Å²) in [7, 11) is 1.39. The SMILES string of the molecule is COc1cc(C=C2SC(=S)N(Nc3ccc([N+](=O)[O-])cc3[N+](=O)[O-])C2=O)ccc1O. The fourth-order valence-corrected chi connectivity index (χ4v) is 3.68. The van der Waals surface area contributed by atoms with Crippen molar-refractivity contribution in [3.63, 3.8) is 0 Å². The van der Waals surface area contributed by atoms with Crippen LogP contribution < -0.4 is 10.2 Å². The van der Waals surface area contributed by atoms with Crippen molar-refractivity contribution in [1.29, 1.82) is 0 Å². The fourth-order valence-electron chi connectivity index (χ4n) is 2.50. The number of hydrogen-bond donors (Lipinski definition) is 2. The number of ether oxygens (including phenoxy) is 1. The standard InChI is InChI=1S/C17H12N4O7S2/c1-28-14-6-9(2-5-13(14)22)7-15-16(23)19(17(29)30-15)18-11-4-3-10(20(24)25)8-12(11)21(26)27/h2-8,18,22H,1H3. The van der Waals surface area contributed by atoms with Gasteiger partial charge >= 0.3 is 5.69 Å². The highest BCUT2D eigenvalue weighted by molar-refractivity contribution is 8.26. The molecule has 2 aromatic rings. The van der Waals surface area contributed by atoms with Crippen molar-refractivity contribution < 1.29 is 24.5 Å². The molecule has 1 aliphatic heterocycles. The van der Waals surface area contributed by atoms with Crippen LogP contribution in [0.1, 0.15) is 5.56 Å². The van der Waals surface area contributed by atoms with Crippen LogP contribution in [0.25, 0.3) is 6.08 Å². The van der Waals surface area contributed by atoms with Gasteiger partial charge in [0.05, 0.1) is 27.9 Å². The average molecular weight is 448 g/mol. The second-order valence-electron chi connectivity index (χ2n) is 5.78. The van der Waals surface area contributed by atoms with Gasteiger partial charge in [-0.3, -0.25) is 30.4 Å². The summed E-state index contributed by atoms with van der Waals surface area (Å²) in [5.74, 6) is -0.405. The largest absolute Gasteiger partial charge is 0.504 e. The smallest absolute Gasteiger partial charge is 0.300 e. The second kappa shape index (κ2) is 8.34. The van der Waals surface area contributed by atoms with E-state index in [4.69, 9.17) is 17.0 Å². The van der Waals surface area contributed by atoms with Gasteiger partial charge in [0.1, 0.15) is 5.69 Å². The van der Waals surface area contributed by atoms with Gasteiger partial charge in [0.2, 0.25) is 0 Å². The van der Waals surface area contributed by atoms with Crippen LogP contribution in [0.3, 0.4) is 0 Å². The minimum Gasteiger partial charge on any atom is -0.504 e. The molecule has 0 saturated carbocycles. The monoisotopic (exact) mass is 448 g/mol. The molecule has 13 heteroatoms. The summed E-state index contributed by atoms with van der Waals surface area (Å²) in [6, 6.07) is 7.49. The van der Waals surface area contributed by atoms with Crippen LogP contribution in [0, 0.1) is 20.2 Å². The number of phenolic OH excluding ortho intramolecular Hbond substituents is 1. The number of hydrogen-bond acceptors (Lipinski definition) is 10. The molecule has 2 aromatic carbocycles. The number of thiocarbonyl (C=S) groups is 1. The van der Waals surface area contributed by atoms with E-state index in [0.29, 0.717) is 5.56 Å². The number of aromatic hydroxyl groups is 1. The summed E-state index contributed by atoms with van der Waals surface area (Å²) in [5, 5.41) is 32.8. The Balaban J connectivity index is 1.89. The van der Waals surface area contributed by atoms with Gasteiger partial charge in [0, 0.05) is 6.07 Å². The molecule has 11 nitrogen and oxygen atoms in total. The van der Waals surface area contributed by atoms with E-state index in [9.17, 15) is 30.1 Å². The first-order valence-corrected chi connectivity index (χ1v) is 9.28. The Hall–Kier alpha value is -3.71. The number of anilines is 1. The van der Waals surface area contributed by atoms with Gasteiger partial charge in [0.15, 0.2) is 15.8 Å². The lowest BCUT2D eigenvalue weighted by Gasteiger charge is -2.16. The molecule has 2 N–H and O–H groups in total. The lowest BCUT2D eigenvalue weighted by molar-refractivity contribution is -0.393. The lowest BCUT2D eigenvalue weighted by atomic mass is 10.2. The Kier molecular flexibility index (Phi) is 5.84. The maximum atomic E-state index is 12.7. The van der Waals surface area contributed by atoms with Crippen molar-refractivity contribution in [2.45, 2.75) is 0 Å². The summed E-state index contributed by atoms with van der Waals surface area (Å²) in [4.78, 5) is 33.5. The molecule has 30 heavy (non-hydrogen) atoms. The van der Waals surface area contributed by atoms with Crippen LogP contribution in [0.2, 0.25) is 0 Å². The fraction of sp³-hybridized carbons (Fsp3) is 0.0588. The van der Waals surface area contributed by atoms with E-state index in [1.165, 1.54) is 25.3 Å². The average Bonchev–Trinajstić information content (AvgIpc) is 2.96. The molecule has 0 radical (unpaired) electrons. The summed E-state index contributed by atoms with van der Waals surface area (Å²) in [5.41, 5.74) is 1.95. The Labute approximate surface area is 178 Å². The number of carbonyl (C=O) groups excluding carboxylic acids is 1. The van der Waals surface area contributed by atoms with Gasteiger partial charge in [-0.05, 0) is 42.1 Å². The van der Waals surface area contributed by atoms with E-state index in [1.54, 1.807) is 6.07 Å². The number of nitrogens with one attached hydrogen (secondary N) is 1. The highest BCUT2D eigenvalue weighted by Crippen LogP contribution is 2.36. The molecule has 0 bridgehead atoms. The highest BCUT2D eigenvalue weighted by Gasteiger charge is 2.34. The molecule has 0 aliphatic carbocycles. The molecule has 1 heterocycles. The van der Waals surface area contributed by atoms with Crippen molar-refractivity contribution in [2.24, 2.45) is 0 Å². The van der Waals surface area contributed by atoms with E-state index in [1.807, 2.05) is 0 Å². The van der Waals surface area contributed by atoms with Crippen LogP contribution in [0.4, 0.5) is 17.1 Å². The lowest BCUT2D eigenvalue weighted by Crippen LogP contribution is -2.34. The predicted octanol–water partition coefficient (Wildman–Crippen LogP) is 3.45. The Morgan fingerprint density at radius 2 is 1.93 bits per heavy atom. The van der Waals surface area contributed by atoms with E-state index >= 15 is 0 Å². The summed E-state index contributed by atoms with van der Waals surface area (Å²) in [6.45, 7) is 0. The van der Waals surface area contributed by atoms with Gasteiger partial charge in [0.25, 0.3) is 11.6 Å². The summed E-state index contributed by atoms with van der Waals surface area (Å²) < 4.78 is 5.12. The third kappa shape index (κ3) is 4.16. The number of phenols is 1. The van der Waals surface area contributed by atoms with Crippen LogP contribution >= 0.6 is 24.0 Å². The summed E-state index contributed by atoms with van der Waals surface area (Å²) >= 11 is 6.14. The molecule has 1 amide bonds. The number of nitrogens with zero attached hydrogens (tertiary/aromatic N) is 3. The normalized spacial score (nSPS) is 14.8. The Morgan fingerprint density at radius 1 is 1.20 bits per heavy atom. The number of nitro groups is 2. The topological polar surface area (TPSA) is 148 Å². The van der Waals surface area contributed by atoms with Gasteiger partial charge < -0.3 is 9.84 Å². The first-order valence-electron chi connectivity index (χ1n) is 8.05. The number of rotatable bonds is 6. The molecule has 1 aliphatic rings. The molecule has 1 fully saturated rings. The quantitative estimate of drug-likeness (QED) is 0.291. The van der Waals surface area contributed by atoms with Crippen LogP contribution in [-0.2, 0) is 4.79 Å². The zero-order chi connectivity index (χ0) is 22.0. The second-order valence-corrected chi connectivity index (χ2v) is 7.45. The van der Waals surface area contributed by atoms with E-state index in [2.05, 4.69) is 5.43 Å². The number of methoxy groups -OCH3 is 1. The molecule has 0 spiro atoms. The number of thioether (sulfide) groups is 1. The first-order chi connectivity index (χ1) is 14.2. The maximum absolute atomic E-state index is 12.7. The van der Waals surface area contributed by atoms with Crippen molar-refractivity contribution in [3.8, 4) is 11.5 Å². The van der Waals surface area contributed by atoms with Crippen LogP contribution in [-0.4, -0.2) is 37.3 Å². The van der Waals surface area contributed by atoms with Gasteiger partial charge in [-0.15, -0.1) is 0 Å². The number of carbonyl (C=O) groups is 1. The number of hydrazine groups is 1. The molecule has 0 aromatic heterocycles. The number of non-ortho nitro benzene ring substituents is 1. The van der Waals surface area contributed by atoms with Crippen molar-refractivity contribution in [1.82, 2.24) is 5.01 Å². The van der Waals surface area contributed by atoms with Gasteiger partial charge in [-0.2, -0.15) is 0 Å². The minimum atomic E-state index is -0.800. The summed E-state index contributed by atoms with van der Waals surface area (Å²) in [6.07, 6.45) is 1.52. The molecular formula is C17H12N4O7S2. The molecule has 0 atom stereocenters. The molecular weight excluding hydrogens is 436 g/mol. The van der Waals surface area contributed by atoms with Crippen molar-refractivity contribution in [3.05, 3.63) is 67.1 Å². The first kappa shape index (κ1) is 21.0. The van der Waals surface area contributed by atoms with Gasteiger partial charge in [-0.25, -0.2) is 5.01 Å². The molecule has 1 saturated heterocycles. The molecule has 3 rings (SSSR count). The van der Waals surface area contributed by atoms with Crippen molar-refractivity contribution in [2.75, 3.05) is 12.5 Å². The van der Waals surface area contributed by atoms with Crippen molar-refractivity contribution >= 4 is 57.3 Å².